The standard InChI is InChI=1S/C15H24FNO/c1-4-11-17(2)14-10-7-9-13(15(14)16)8-5-6-12-18-3/h7,9-10H,4-6,8,11-12H2,1-3H3. The molecule has 0 saturated carbocycles. The number of aryl methyl sites for hydroxylation is 1. The molecule has 102 valence electrons. The number of nitrogens with zero attached hydrogens (tertiary/aromatic N) is 1. The van der Waals surface area contributed by atoms with Crippen LogP contribution in [0.2, 0.25) is 0 Å². The molecule has 0 fully saturated rings. The lowest BCUT2D eigenvalue weighted by Gasteiger charge is -2.20. The Balaban J connectivity index is 2.66. The fraction of sp³-hybridized carbons (Fsp3) is 0.600. The van der Waals surface area contributed by atoms with Crippen LogP contribution in [0.3, 0.4) is 0 Å². The number of anilines is 1. The molecule has 2 nitrogen and oxygen atoms in total. The van der Waals surface area contributed by atoms with Gasteiger partial charge in [-0.15, -0.1) is 0 Å². The Hall–Kier alpha value is -1.09. The molecule has 0 atom stereocenters. The van der Waals surface area contributed by atoms with Crippen molar-refractivity contribution in [1.82, 2.24) is 0 Å². The zero-order valence-electron chi connectivity index (χ0n) is 11.7. The quantitative estimate of drug-likeness (QED) is 0.656. The third-order valence-electron chi connectivity index (χ3n) is 3.07. The Morgan fingerprint density at radius 2 is 2.06 bits per heavy atom. The summed E-state index contributed by atoms with van der Waals surface area (Å²) in [5, 5.41) is 0. The van der Waals surface area contributed by atoms with Crippen molar-refractivity contribution in [2.75, 3.05) is 32.2 Å². The fourth-order valence-corrected chi connectivity index (χ4v) is 2.07. The van der Waals surface area contributed by atoms with Gasteiger partial charge in [-0.25, -0.2) is 4.39 Å². The first-order valence-electron chi connectivity index (χ1n) is 6.68. The molecule has 3 heteroatoms. The number of methoxy groups -OCH3 is 1. The molecule has 18 heavy (non-hydrogen) atoms. The second-order valence-corrected chi connectivity index (χ2v) is 4.62. The molecular weight excluding hydrogens is 229 g/mol. The lowest BCUT2D eigenvalue weighted by molar-refractivity contribution is 0.193. The van der Waals surface area contributed by atoms with Gasteiger partial charge in [-0.05, 0) is 37.3 Å². The van der Waals surface area contributed by atoms with Gasteiger partial charge in [0.15, 0.2) is 0 Å². The van der Waals surface area contributed by atoms with Crippen LogP contribution in [-0.2, 0) is 11.2 Å². The summed E-state index contributed by atoms with van der Waals surface area (Å²) in [7, 11) is 3.64. The molecule has 0 radical (unpaired) electrons. The highest BCUT2D eigenvalue weighted by atomic mass is 19.1. The van der Waals surface area contributed by atoms with Crippen molar-refractivity contribution in [2.45, 2.75) is 32.6 Å². The topological polar surface area (TPSA) is 12.5 Å². The predicted molar refractivity (Wildman–Crippen MR) is 74.8 cm³/mol. The van der Waals surface area contributed by atoms with E-state index < -0.39 is 0 Å². The molecule has 1 aromatic carbocycles. The predicted octanol–water partition coefficient (Wildman–Crippen LogP) is 3.64. The lowest BCUT2D eigenvalue weighted by atomic mass is 10.1. The third-order valence-corrected chi connectivity index (χ3v) is 3.07. The van der Waals surface area contributed by atoms with Crippen molar-refractivity contribution in [2.24, 2.45) is 0 Å². The average molecular weight is 253 g/mol. The first-order chi connectivity index (χ1) is 8.70. The minimum absolute atomic E-state index is 0.0640. The van der Waals surface area contributed by atoms with Crippen molar-refractivity contribution in [3.8, 4) is 0 Å². The molecule has 0 unspecified atom stereocenters. The summed E-state index contributed by atoms with van der Waals surface area (Å²) in [5.74, 6) is -0.0640. The maximum atomic E-state index is 14.3. The van der Waals surface area contributed by atoms with Gasteiger partial charge < -0.3 is 9.64 Å². The number of hydrogen-bond acceptors (Lipinski definition) is 2. The van der Waals surface area contributed by atoms with Gasteiger partial charge in [-0.3, -0.25) is 0 Å². The number of hydrogen-bond donors (Lipinski definition) is 0. The maximum absolute atomic E-state index is 14.3. The summed E-state index contributed by atoms with van der Waals surface area (Å²) in [6, 6.07) is 5.67. The Labute approximate surface area is 110 Å². The highest BCUT2D eigenvalue weighted by molar-refractivity contribution is 5.49. The summed E-state index contributed by atoms with van der Waals surface area (Å²) in [4.78, 5) is 1.98. The number of ether oxygens (including phenoxy) is 1. The SMILES string of the molecule is CCCN(C)c1cccc(CCCCOC)c1F. The molecular formula is C15H24FNO. The zero-order chi connectivity index (χ0) is 13.4. The molecule has 0 N–H and O–H groups in total. The Kier molecular flexibility index (Phi) is 6.73. The Morgan fingerprint density at radius 3 is 2.72 bits per heavy atom. The van der Waals surface area contributed by atoms with Crippen molar-refractivity contribution in [3.63, 3.8) is 0 Å². The number of benzene rings is 1. The fourth-order valence-electron chi connectivity index (χ4n) is 2.07. The number of halogens is 1. The van der Waals surface area contributed by atoms with E-state index in [1.54, 1.807) is 7.11 Å². The molecule has 0 aromatic heterocycles. The van der Waals surface area contributed by atoms with E-state index in [0.717, 1.165) is 44.4 Å². The van der Waals surface area contributed by atoms with Gasteiger partial charge >= 0.3 is 0 Å². The number of rotatable bonds is 8. The number of unbranched alkanes of at least 4 members (excludes halogenated alkanes) is 1. The van der Waals surface area contributed by atoms with Crippen molar-refractivity contribution < 1.29 is 9.13 Å². The Bertz CT molecular complexity index is 354. The van der Waals surface area contributed by atoms with Crippen molar-refractivity contribution >= 4 is 5.69 Å². The Morgan fingerprint density at radius 1 is 1.28 bits per heavy atom. The second-order valence-electron chi connectivity index (χ2n) is 4.62. The minimum atomic E-state index is -0.0640. The molecule has 0 aliphatic carbocycles. The summed E-state index contributed by atoms with van der Waals surface area (Å²) in [6.07, 6.45) is 3.74. The average Bonchev–Trinajstić information content (AvgIpc) is 2.36. The van der Waals surface area contributed by atoms with Gasteiger partial charge in [0, 0.05) is 27.3 Å². The third kappa shape index (κ3) is 4.30. The first kappa shape index (κ1) is 15.0. The van der Waals surface area contributed by atoms with Crippen LogP contribution in [0.5, 0.6) is 0 Å². The highest BCUT2D eigenvalue weighted by Gasteiger charge is 2.10. The summed E-state index contributed by atoms with van der Waals surface area (Å²) >= 11 is 0. The smallest absolute Gasteiger partial charge is 0.149 e. The molecule has 0 amide bonds. The van der Waals surface area contributed by atoms with Crippen LogP contribution >= 0.6 is 0 Å². The van der Waals surface area contributed by atoms with E-state index in [2.05, 4.69) is 6.92 Å². The maximum Gasteiger partial charge on any atom is 0.149 e. The van der Waals surface area contributed by atoms with E-state index in [1.165, 1.54) is 0 Å². The van der Waals surface area contributed by atoms with Crippen molar-refractivity contribution in [3.05, 3.63) is 29.6 Å². The van der Waals surface area contributed by atoms with Crippen LogP contribution < -0.4 is 4.90 Å². The normalized spacial score (nSPS) is 10.7. The molecule has 0 spiro atoms. The summed E-state index contributed by atoms with van der Waals surface area (Å²) < 4.78 is 19.3. The van der Waals surface area contributed by atoms with Gasteiger partial charge in [-0.2, -0.15) is 0 Å². The van der Waals surface area contributed by atoms with Gasteiger partial charge in [-0.1, -0.05) is 19.1 Å². The summed E-state index contributed by atoms with van der Waals surface area (Å²) in [6.45, 7) is 3.73. The minimum Gasteiger partial charge on any atom is -0.385 e. The van der Waals surface area contributed by atoms with Gasteiger partial charge in [0.25, 0.3) is 0 Å². The van der Waals surface area contributed by atoms with Gasteiger partial charge in [0.2, 0.25) is 0 Å². The molecule has 0 saturated heterocycles. The zero-order valence-corrected chi connectivity index (χ0v) is 11.7. The van der Waals surface area contributed by atoms with E-state index >= 15 is 0 Å². The van der Waals surface area contributed by atoms with E-state index in [0.29, 0.717) is 5.69 Å². The summed E-state index contributed by atoms with van der Waals surface area (Å²) in [5.41, 5.74) is 1.52. The molecule has 1 rings (SSSR count). The van der Waals surface area contributed by atoms with Crippen LogP contribution in [-0.4, -0.2) is 27.3 Å². The van der Waals surface area contributed by atoms with Crippen molar-refractivity contribution in [1.29, 1.82) is 0 Å². The van der Waals surface area contributed by atoms with Crippen LogP contribution in [0, 0.1) is 5.82 Å². The van der Waals surface area contributed by atoms with E-state index in [9.17, 15) is 4.39 Å². The van der Waals surface area contributed by atoms with E-state index in [4.69, 9.17) is 4.74 Å². The molecule has 1 aromatic rings. The molecule has 0 aliphatic rings. The van der Waals surface area contributed by atoms with Crippen LogP contribution in [0.25, 0.3) is 0 Å². The monoisotopic (exact) mass is 253 g/mol. The van der Waals surface area contributed by atoms with Gasteiger partial charge in [0.05, 0.1) is 5.69 Å². The first-order valence-corrected chi connectivity index (χ1v) is 6.68. The molecule has 0 bridgehead atoms. The van der Waals surface area contributed by atoms with E-state index in [-0.39, 0.29) is 5.82 Å². The van der Waals surface area contributed by atoms with Gasteiger partial charge in [0.1, 0.15) is 5.82 Å². The molecule has 0 heterocycles. The van der Waals surface area contributed by atoms with Crippen LogP contribution in [0.1, 0.15) is 31.7 Å². The lowest BCUT2D eigenvalue weighted by Crippen LogP contribution is -2.19. The van der Waals surface area contributed by atoms with Crippen LogP contribution in [0.4, 0.5) is 10.1 Å². The van der Waals surface area contributed by atoms with E-state index in [1.807, 2.05) is 30.1 Å². The largest absolute Gasteiger partial charge is 0.385 e. The van der Waals surface area contributed by atoms with Crippen LogP contribution in [0.15, 0.2) is 18.2 Å². The second kappa shape index (κ2) is 8.09. The highest BCUT2D eigenvalue weighted by Crippen LogP contribution is 2.22. The molecule has 0 aliphatic heterocycles.